The number of hydrogen-bond donors (Lipinski definition) is 1. The first-order chi connectivity index (χ1) is 7.58. The predicted molar refractivity (Wildman–Crippen MR) is 60.0 cm³/mol. The van der Waals surface area contributed by atoms with Crippen molar-refractivity contribution in [3.63, 3.8) is 0 Å². The first-order valence-corrected chi connectivity index (χ1v) is 5.20. The van der Waals surface area contributed by atoms with Gasteiger partial charge >= 0.3 is 7.12 Å². The predicted octanol–water partition coefficient (Wildman–Crippen LogP) is 0.526. The molecule has 0 spiro atoms. The van der Waals surface area contributed by atoms with Crippen LogP contribution in [0.25, 0.3) is 0 Å². The Morgan fingerprint density at radius 2 is 2.44 bits per heavy atom. The molecular formula is C10H10BClO4. The van der Waals surface area contributed by atoms with Gasteiger partial charge in [0.2, 0.25) is 0 Å². The zero-order chi connectivity index (χ0) is 11.7. The quantitative estimate of drug-likeness (QED) is 0.783. The Morgan fingerprint density at radius 1 is 1.69 bits per heavy atom. The number of Topliss-reactive ketones (excluding diaryl/α,β-unsaturated/α-hetero) is 1. The van der Waals surface area contributed by atoms with E-state index in [1.165, 1.54) is 6.92 Å². The van der Waals surface area contributed by atoms with E-state index in [4.69, 9.17) is 21.0 Å². The van der Waals surface area contributed by atoms with E-state index in [-0.39, 0.29) is 12.4 Å². The van der Waals surface area contributed by atoms with Gasteiger partial charge < -0.3 is 14.4 Å². The summed E-state index contributed by atoms with van der Waals surface area (Å²) in [7, 11) is -0.938. The number of carbonyl (C=O) groups excluding carboxylic acids is 1. The van der Waals surface area contributed by atoms with Gasteiger partial charge in [0, 0.05) is 0 Å². The summed E-state index contributed by atoms with van der Waals surface area (Å²) in [5.41, 5.74) is 1.48. The molecule has 1 aromatic carbocycles. The van der Waals surface area contributed by atoms with Crippen molar-refractivity contribution >= 4 is 30.0 Å². The molecular weight excluding hydrogens is 230 g/mol. The molecule has 1 N–H and O–H groups in total. The van der Waals surface area contributed by atoms with Crippen molar-refractivity contribution in [1.82, 2.24) is 0 Å². The van der Waals surface area contributed by atoms with E-state index in [2.05, 4.69) is 0 Å². The van der Waals surface area contributed by atoms with Gasteiger partial charge in [-0.3, -0.25) is 4.79 Å². The Hall–Kier alpha value is -1.04. The van der Waals surface area contributed by atoms with Crippen LogP contribution in [0.1, 0.15) is 12.5 Å². The van der Waals surface area contributed by atoms with Crippen molar-refractivity contribution in [3.05, 3.63) is 22.7 Å². The molecule has 0 atom stereocenters. The molecule has 2 rings (SSSR count). The third kappa shape index (κ3) is 2.21. The summed E-state index contributed by atoms with van der Waals surface area (Å²) in [4.78, 5) is 10.8. The van der Waals surface area contributed by atoms with Crippen molar-refractivity contribution < 1.29 is 19.2 Å². The van der Waals surface area contributed by atoms with Crippen LogP contribution in [0.5, 0.6) is 5.75 Å². The summed E-state index contributed by atoms with van der Waals surface area (Å²) < 4.78 is 10.3. The number of fused-ring (bicyclic) bond motifs is 1. The lowest BCUT2D eigenvalue weighted by Crippen LogP contribution is -2.28. The maximum Gasteiger partial charge on any atom is 0.491 e. The molecule has 84 valence electrons. The van der Waals surface area contributed by atoms with Crippen LogP contribution in [0.2, 0.25) is 5.02 Å². The van der Waals surface area contributed by atoms with E-state index in [9.17, 15) is 9.82 Å². The van der Waals surface area contributed by atoms with Crippen LogP contribution in [0.15, 0.2) is 12.1 Å². The van der Waals surface area contributed by atoms with Crippen molar-refractivity contribution in [3.8, 4) is 5.75 Å². The van der Waals surface area contributed by atoms with E-state index in [1.54, 1.807) is 12.1 Å². The highest BCUT2D eigenvalue weighted by Gasteiger charge is 2.28. The maximum atomic E-state index is 10.8. The second kappa shape index (κ2) is 4.45. The Kier molecular flexibility index (Phi) is 3.19. The molecule has 0 aliphatic carbocycles. The lowest BCUT2D eigenvalue weighted by Gasteiger charge is -2.08. The fourth-order valence-corrected chi connectivity index (χ4v) is 1.75. The van der Waals surface area contributed by atoms with Crippen molar-refractivity contribution in [2.45, 2.75) is 13.5 Å². The average Bonchev–Trinajstić information content (AvgIpc) is 2.56. The molecule has 0 radical (unpaired) electrons. The molecule has 1 aliphatic heterocycles. The van der Waals surface area contributed by atoms with E-state index in [0.717, 1.165) is 5.56 Å². The zero-order valence-corrected chi connectivity index (χ0v) is 9.45. The highest BCUT2D eigenvalue weighted by Crippen LogP contribution is 2.26. The van der Waals surface area contributed by atoms with Crippen LogP contribution in [-0.2, 0) is 16.1 Å². The minimum Gasteiger partial charge on any atom is -0.484 e. The lowest BCUT2D eigenvalue weighted by molar-refractivity contribution is -0.118. The molecule has 1 aliphatic rings. The van der Waals surface area contributed by atoms with Crippen molar-refractivity contribution in [2.24, 2.45) is 0 Å². The SMILES string of the molecule is CC(=O)COc1cc2c(cc1Cl)COB2O. The molecule has 0 bridgehead atoms. The van der Waals surface area contributed by atoms with Crippen LogP contribution in [0, 0.1) is 0 Å². The molecule has 0 saturated carbocycles. The van der Waals surface area contributed by atoms with E-state index in [0.29, 0.717) is 22.8 Å². The first-order valence-electron chi connectivity index (χ1n) is 4.82. The van der Waals surface area contributed by atoms with Gasteiger partial charge in [0.1, 0.15) is 12.4 Å². The number of rotatable bonds is 3. The highest BCUT2D eigenvalue weighted by molar-refractivity contribution is 6.61. The van der Waals surface area contributed by atoms with Gasteiger partial charge in [-0.15, -0.1) is 0 Å². The van der Waals surface area contributed by atoms with Gasteiger partial charge in [-0.2, -0.15) is 0 Å². The van der Waals surface area contributed by atoms with Crippen LogP contribution in [0.4, 0.5) is 0 Å². The summed E-state index contributed by atoms with van der Waals surface area (Å²) in [6.45, 7) is 1.73. The minimum atomic E-state index is -0.938. The monoisotopic (exact) mass is 240 g/mol. The topological polar surface area (TPSA) is 55.8 Å². The number of ketones is 1. The minimum absolute atomic E-state index is 0.0323. The molecule has 1 heterocycles. The number of benzene rings is 1. The fraction of sp³-hybridized carbons (Fsp3) is 0.300. The normalized spacial score (nSPS) is 13.8. The fourth-order valence-electron chi connectivity index (χ4n) is 1.51. The smallest absolute Gasteiger partial charge is 0.484 e. The first kappa shape index (κ1) is 11.5. The number of halogens is 1. The summed E-state index contributed by atoms with van der Waals surface area (Å²) in [6, 6.07) is 3.29. The largest absolute Gasteiger partial charge is 0.491 e. The third-order valence-electron chi connectivity index (χ3n) is 2.29. The molecule has 0 amide bonds. The number of hydrogen-bond acceptors (Lipinski definition) is 4. The summed E-state index contributed by atoms with van der Waals surface area (Å²) in [5, 5.41) is 9.90. The van der Waals surface area contributed by atoms with Gasteiger partial charge in [-0.1, -0.05) is 11.6 Å². The Labute approximate surface area is 98.3 Å². The second-order valence-electron chi connectivity index (χ2n) is 3.64. The third-order valence-corrected chi connectivity index (χ3v) is 2.58. The van der Waals surface area contributed by atoms with Crippen molar-refractivity contribution in [2.75, 3.05) is 6.61 Å². The maximum absolute atomic E-state index is 10.8. The highest BCUT2D eigenvalue weighted by atomic mass is 35.5. The molecule has 0 aromatic heterocycles. The summed E-state index contributed by atoms with van der Waals surface area (Å²) >= 11 is 5.97. The van der Waals surface area contributed by atoms with Gasteiger partial charge in [0.15, 0.2) is 5.78 Å². The molecule has 6 heteroatoms. The Morgan fingerprint density at radius 3 is 3.12 bits per heavy atom. The van der Waals surface area contributed by atoms with E-state index >= 15 is 0 Å². The van der Waals surface area contributed by atoms with Crippen LogP contribution in [0.3, 0.4) is 0 Å². The zero-order valence-electron chi connectivity index (χ0n) is 8.70. The van der Waals surface area contributed by atoms with Gasteiger partial charge in [-0.25, -0.2) is 0 Å². The van der Waals surface area contributed by atoms with Gasteiger partial charge in [0.05, 0.1) is 11.6 Å². The van der Waals surface area contributed by atoms with E-state index < -0.39 is 7.12 Å². The van der Waals surface area contributed by atoms with Crippen molar-refractivity contribution in [1.29, 1.82) is 0 Å². The molecule has 4 nitrogen and oxygen atoms in total. The van der Waals surface area contributed by atoms with Gasteiger partial charge in [-0.05, 0) is 30.1 Å². The number of ether oxygens (including phenoxy) is 1. The molecule has 16 heavy (non-hydrogen) atoms. The Bertz CT molecular complexity index is 435. The second-order valence-corrected chi connectivity index (χ2v) is 4.04. The van der Waals surface area contributed by atoms with Crippen LogP contribution < -0.4 is 10.2 Å². The average molecular weight is 240 g/mol. The van der Waals surface area contributed by atoms with Crippen LogP contribution in [-0.4, -0.2) is 24.5 Å². The molecule has 0 saturated heterocycles. The molecule has 1 aromatic rings. The molecule has 0 unspecified atom stereocenters. The Balaban J connectivity index is 2.26. The standard InChI is InChI=1S/C10H10BClO4/c1-6(13)4-15-10-3-8-7(2-9(10)12)5-16-11(8)14/h2-3,14H,4-5H2,1H3. The summed E-state index contributed by atoms with van der Waals surface area (Å²) in [5.74, 6) is 0.300. The van der Waals surface area contributed by atoms with Gasteiger partial charge in [0.25, 0.3) is 0 Å². The van der Waals surface area contributed by atoms with Crippen LogP contribution >= 0.6 is 11.6 Å². The van der Waals surface area contributed by atoms with E-state index in [1.807, 2.05) is 0 Å². The number of carbonyl (C=O) groups is 1. The molecule has 0 fully saturated rings. The lowest BCUT2D eigenvalue weighted by atomic mass is 9.79. The summed E-state index contributed by atoms with van der Waals surface area (Å²) in [6.07, 6.45) is 0.